The van der Waals surface area contributed by atoms with Crippen LogP contribution in [0.1, 0.15) is 74.1 Å². The number of fused-ring (bicyclic) bond motifs is 3. The van der Waals surface area contributed by atoms with Crippen LogP contribution in [-0.2, 0) is 28.6 Å². The molecule has 0 spiro atoms. The minimum atomic E-state index is -1.92. The van der Waals surface area contributed by atoms with Crippen LogP contribution in [0.15, 0.2) is 11.1 Å². The largest absolute Gasteiger partial charge is 0.463 e. The maximum atomic E-state index is 12.4. The molecule has 2 fully saturated rings. The van der Waals surface area contributed by atoms with Gasteiger partial charge in [0.25, 0.3) is 0 Å². The summed E-state index contributed by atoms with van der Waals surface area (Å²) in [5.74, 6) is -2.97. The first-order valence-corrected chi connectivity index (χ1v) is 12.3. The molecule has 8 atom stereocenters. The van der Waals surface area contributed by atoms with Gasteiger partial charge in [-0.15, -0.1) is 0 Å². The molecule has 0 saturated heterocycles. The van der Waals surface area contributed by atoms with Gasteiger partial charge in [-0.2, -0.15) is 0 Å². The summed E-state index contributed by atoms with van der Waals surface area (Å²) in [5.41, 5.74) is -1.85. The third-order valence-electron chi connectivity index (χ3n) is 8.69. The average Bonchev–Trinajstić information content (AvgIpc) is 2.70. The molecule has 198 valence electrons. The van der Waals surface area contributed by atoms with Crippen LogP contribution in [0.2, 0.25) is 0 Å². The highest BCUT2D eigenvalue weighted by molar-refractivity contribution is 5.67. The molecule has 3 aliphatic rings. The van der Waals surface area contributed by atoms with Crippen molar-refractivity contribution in [2.75, 3.05) is 6.61 Å². The quantitative estimate of drug-likeness (QED) is 0.303. The van der Waals surface area contributed by atoms with Gasteiger partial charge < -0.3 is 29.5 Å². The maximum absolute atomic E-state index is 12.4. The number of carbonyl (C=O) groups is 3. The molecule has 0 amide bonds. The normalized spacial score (nSPS) is 40.6. The van der Waals surface area contributed by atoms with Gasteiger partial charge in [0.2, 0.25) is 0 Å². The molecule has 0 aromatic rings. The Morgan fingerprint density at radius 3 is 2.14 bits per heavy atom. The summed E-state index contributed by atoms with van der Waals surface area (Å²) in [6.07, 6.45) is -2.48. The van der Waals surface area contributed by atoms with E-state index in [9.17, 15) is 29.7 Å². The van der Waals surface area contributed by atoms with Crippen LogP contribution in [0.5, 0.6) is 0 Å². The SMILES string of the molecule is CC(=O)OC[C@]1(O)[C@@H](O)CC[C@@]2(C)C[C@H](OC(C)=O)C3=C(C)[C@@H](O)C[C@@H]([C@@H](OC(C)=O)[C@@H]21)C3(C)C. The molecule has 0 heterocycles. The summed E-state index contributed by atoms with van der Waals surface area (Å²) in [5, 5.41) is 34.1. The predicted octanol–water partition coefficient (Wildman–Crippen LogP) is 2.05. The molecule has 9 heteroatoms. The third kappa shape index (κ3) is 4.87. The van der Waals surface area contributed by atoms with E-state index < -0.39 is 77.2 Å². The van der Waals surface area contributed by atoms with Crippen molar-refractivity contribution in [2.24, 2.45) is 22.7 Å². The van der Waals surface area contributed by atoms with Crippen LogP contribution in [0, 0.1) is 22.7 Å². The van der Waals surface area contributed by atoms with Crippen LogP contribution in [-0.4, -0.2) is 69.9 Å². The minimum absolute atomic E-state index is 0.221. The number of hydrogen-bond donors (Lipinski definition) is 3. The Kier molecular flexibility index (Phi) is 7.48. The van der Waals surface area contributed by atoms with Gasteiger partial charge in [0.1, 0.15) is 24.4 Å². The lowest BCUT2D eigenvalue weighted by Crippen LogP contribution is -2.68. The second-order valence-electron chi connectivity index (χ2n) is 11.5. The summed E-state index contributed by atoms with van der Waals surface area (Å²) in [6.45, 7) is 11.0. The number of hydrogen-bond acceptors (Lipinski definition) is 9. The maximum Gasteiger partial charge on any atom is 0.303 e. The first-order valence-electron chi connectivity index (χ1n) is 12.3. The van der Waals surface area contributed by atoms with Gasteiger partial charge in [-0.25, -0.2) is 0 Å². The van der Waals surface area contributed by atoms with E-state index in [-0.39, 0.29) is 19.3 Å². The summed E-state index contributed by atoms with van der Waals surface area (Å²) in [7, 11) is 0. The second-order valence-corrected chi connectivity index (χ2v) is 11.5. The van der Waals surface area contributed by atoms with Crippen molar-refractivity contribution >= 4 is 17.9 Å². The zero-order valence-corrected chi connectivity index (χ0v) is 21.8. The Bertz CT molecular complexity index is 908. The van der Waals surface area contributed by atoms with Gasteiger partial charge in [0.05, 0.1) is 12.2 Å². The van der Waals surface area contributed by atoms with E-state index in [0.717, 1.165) is 11.1 Å². The molecule has 0 radical (unpaired) electrons. The lowest BCUT2D eigenvalue weighted by molar-refractivity contribution is -0.252. The van der Waals surface area contributed by atoms with Crippen molar-refractivity contribution in [3.8, 4) is 0 Å². The van der Waals surface area contributed by atoms with Crippen molar-refractivity contribution < 1.29 is 43.9 Å². The van der Waals surface area contributed by atoms with Crippen LogP contribution in [0.3, 0.4) is 0 Å². The summed E-state index contributed by atoms with van der Waals surface area (Å²) < 4.78 is 17.0. The van der Waals surface area contributed by atoms with Crippen LogP contribution in [0.4, 0.5) is 0 Å². The molecule has 2 bridgehead atoms. The molecular formula is C26H40O9. The number of ether oxygens (including phenoxy) is 3. The smallest absolute Gasteiger partial charge is 0.303 e. The molecule has 3 aliphatic carbocycles. The molecule has 0 unspecified atom stereocenters. The topological polar surface area (TPSA) is 140 Å². The van der Waals surface area contributed by atoms with Crippen molar-refractivity contribution in [1.29, 1.82) is 0 Å². The Morgan fingerprint density at radius 2 is 1.60 bits per heavy atom. The van der Waals surface area contributed by atoms with E-state index in [0.29, 0.717) is 6.42 Å². The van der Waals surface area contributed by atoms with Crippen LogP contribution < -0.4 is 0 Å². The van der Waals surface area contributed by atoms with Gasteiger partial charge in [-0.1, -0.05) is 20.8 Å². The zero-order chi connectivity index (χ0) is 26.5. The summed E-state index contributed by atoms with van der Waals surface area (Å²) in [6, 6.07) is 0. The molecule has 3 rings (SSSR count). The van der Waals surface area contributed by atoms with E-state index in [1.807, 2.05) is 27.7 Å². The molecule has 2 saturated carbocycles. The third-order valence-corrected chi connectivity index (χ3v) is 8.69. The second kappa shape index (κ2) is 9.48. The molecule has 0 aromatic heterocycles. The number of aliphatic hydroxyl groups is 3. The first-order chi connectivity index (χ1) is 16.0. The van der Waals surface area contributed by atoms with Crippen molar-refractivity contribution in [1.82, 2.24) is 0 Å². The lowest BCUT2D eigenvalue weighted by Gasteiger charge is -2.61. The van der Waals surface area contributed by atoms with E-state index in [4.69, 9.17) is 14.2 Å². The predicted molar refractivity (Wildman–Crippen MR) is 125 cm³/mol. The van der Waals surface area contributed by atoms with Crippen LogP contribution >= 0.6 is 0 Å². The van der Waals surface area contributed by atoms with Crippen molar-refractivity contribution in [3.63, 3.8) is 0 Å². The van der Waals surface area contributed by atoms with E-state index >= 15 is 0 Å². The van der Waals surface area contributed by atoms with Gasteiger partial charge in [-0.05, 0) is 54.6 Å². The molecule has 0 aliphatic heterocycles. The van der Waals surface area contributed by atoms with Gasteiger partial charge in [0.15, 0.2) is 0 Å². The number of carbonyl (C=O) groups excluding carboxylic acids is 3. The Balaban J connectivity index is 2.30. The molecule has 3 N–H and O–H groups in total. The highest BCUT2D eigenvalue weighted by Gasteiger charge is 2.65. The Labute approximate surface area is 206 Å². The fourth-order valence-electron chi connectivity index (χ4n) is 7.21. The first kappa shape index (κ1) is 27.6. The van der Waals surface area contributed by atoms with Crippen LogP contribution in [0.25, 0.3) is 0 Å². The standard InChI is InChI=1S/C26H40O9/c1-13-18(30)10-17-22(35-16(4)29)23-25(7,9-8-20(31)26(23,32)12-33-14(2)27)11-19(34-15(3)28)21(13)24(17,5)6/h17-20,22-23,30-32H,8-12H2,1-7H3/t17-,18-,19-,20-,22+,23-,25-,26-/m0/s1. The Morgan fingerprint density at radius 1 is 1.00 bits per heavy atom. The fourth-order valence-corrected chi connectivity index (χ4v) is 7.21. The fraction of sp³-hybridized carbons (Fsp3) is 0.808. The van der Waals surface area contributed by atoms with Crippen molar-refractivity contribution in [2.45, 2.75) is 104 Å². The minimum Gasteiger partial charge on any atom is -0.463 e. The summed E-state index contributed by atoms with van der Waals surface area (Å²) >= 11 is 0. The van der Waals surface area contributed by atoms with E-state index in [1.54, 1.807) is 0 Å². The van der Waals surface area contributed by atoms with Gasteiger partial charge >= 0.3 is 17.9 Å². The number of esters is 3. The van der Waals surface area contributed by atoms with E-state index in [1.165, 1.54) is 20.8 Å². The zero-order valence-electron chi connectivity index (χ0n) is 21.8. The highest BCUT2D eigenvalue weighted by Crippen LogP contribution is 2.61. The van der Waals surface area contributed by atoms with Gasteiger partial charge in [0, 0.05) is 32.6 Å². The summed E-state index contributed by atoms with van der Waals surface area (Å²) in [4.78, 5) is 36.2. The van der Waals surface area contributed by atoms with E-state index in [2.05, 4.69) is 0 Å². The average molecular weight is 497 g/mol. The molecule has 35 heavy (non-hydrogen) atoms. The number of aliphatic hydroxyl groups excluding tert-OH is 2. The lowest BCUT2D eigenvalue weighted by atomic mass is 9.48. The highest BCUT2D eigenvalue weighted by atomic mass is 16.6. The van der Waals surface area contributed by atoms with Crippen molar-refractivity contribution in [3.05, 3.63) is 11.1 Å². The molecule has 0 aromatic carbocycles. The Hall–Kier alpha value is -1.97. The van der Waals surface area contributed by atoms with Gasteiger partial charge in [-0.3, -0.25) is 14.4 Å². The molecular weight excluding hydrogens is 456 g/mol. The number of rotatable bonds is 4. The molecule has 9 nitrogen and oxygen atoms in total. The monoisotopic (exact) mass is 496 g/mol.